The van der Waals surface area contributed by atoms with Crippen LogP contribution in [0.15, 0.2) is 72.8 Å². The fourth-order valence-corrected chi connectivity index (χ4v) is 2.70. The topological polar surface area (TPSA) is 76.7 Å². The van der Waals surface area contributed by atoms with Crippen molar-refractivity contribution in [1.29, 1.82) is 0 Å². The highest BCUT2D eigenvalue weighted by molar-refractivity contribution is 6.08. The van der Waals surface area contributed by atoms with E-state index in [-0.39, 0.29) is 6.42 Å². The van der Waals surface area contributed by atoms with Crippen LogP contribution in [0.2, 0.25) is 0 Å². The van der Waals surface area contributed by atoms with Crippen molar-refractivity contribution in [3.05, 3.63) is 78.4 Å². The van der Waals surface area contributed by atoms with Crippen molar-refractivity contribution in [2.45, 2.75) is 13.3 Å². The molecule has 0 saturated carbocycles. The van der Waals surface area contributed by atoms with Crippen molar-refractivity contribution < 1.29 is 19.1 Å². The number of nitrogens with one attached hydrogen (secondary N) is 2. The van der Waals surface area contributed by atoms with E-state index in [0.29, 0.717) is 22.9 Å². The maximum Gasteiger partial charge on any atom is 0.233 e. The molecule has 0 heterocycles. The Bertz CT molecular complexity index is 986. The summed E-state index contributed by atoms with van der Waals surface area (Å²) in [6.07, 6.45) is -0.306. The van der Waals surface area contributed by atoms with E-state index in [9.17, 15) is 9.59 Å². The minimum Gasteiger partial charge on any atom is -0.495 e. The number of aryl methyl sites for hydroxylation is 1. The van der Waals surface area contributed by atoms with Gasteiger partial charge in [-0.1, -0.05) is 24.3 Å². The number of carbonyl (C=O) groups is 2. The summed E-state index contributed by atoms with van der Waals surface area (Å²) < 4.78 is 10.9. The monoisotopic (exact) mass is 390 g/mol. The van der Waals surface area contributed by atoms with Crippen molar-refractivity contribution in [2.75, 3.05) is 17.7 Å². The number of hydrogen-bond donors (Lipinski definition) is 2. The third-order valence-corrected chi connectivity index (χ3v) is 4.07. The van der Waals surface area contributed by atoms with Crippen LogP contribution in [0.4, 0.5) is 11.4 Å². The quantitative estimate of drug-likeness (QED) is 0.570. The molecule has 0 aliphatic heterocycles. The van der Waals surface area contributed by atoms with Crippen molar-refractivity contribution in [2.24, 2.45) is 0 Å². The van der Waals surface area contributed by atoms with E-state index in [1.165, 1.54) is 7.11 Å². The van der Waals surface area contributed by atoms with E-state index in [0.717, 1.165) is 11.3 Å². The average Bonchev–Trinajstić information content (AvgIpc) is 2.70. The molecule has 0 aliphatic rings. The van der Waals surface area contributed by atoms with Gasteiger partial charge in [0.05, 0.1) is 12.8 Å². The highest BCUT2D eigenvalue weighted by atomic mass is 16.5. The number of anilines is 2. The van der Waals surface area contributed by atoms with Crippen LogP contribution in [-0.2, 0) is 9.59 Å². The van der Waals surface area contributed by atoms with Gasteiger partial charge in [0.2, 0.25) is 11.8 Å². The van der Waals surface area contributed by atoms with Gasteiger partial charge in [-0.25, -0.2) is 0 Å². The predicted molar refractivity (Wildman–Crippen MR) is 113 cm³/mol. The Morgan fingerprint density at radius 1 is 0.828 bits per heavy atom. The molecule has 0 aromatic heterocycles. The SMILES string of the molecule is COc1ccc(C)cc1NC(=O)CC(=O)Nc1ccc(Oc2ccccc2)cc1. The minimum atomic E-state index is -0.421. The smallest absolute Gasteiger partial charge is 0.233 e. The molecular weight excluding hydrogens is 368 g/mol. The summed E-state index contributed by atoms with van der Waals surface area (Å²) in [5.74, 6) is 1.09. The van der Waals surface area contributed by atoms with Gasteiger partial charge >= 0.3 is 0 Å². The van der Waals surface area contributed by atoms with Gasteiger partial charge in [0, 0.05) is 5.69 Å². The summed E-state index contributed by atoms with van der Waals surface area (Å²) in [6.45, 7) is 1.91. The minimum absolute atomic E-state index is 0.306. The van der Waals surface area contributed by atoms with Crippen molar-refractivity contribution in [3.8, 4) is 17.2 Å². The van der Waals surface area contributed by atoms with Gasteiger partial charge in [-0.15, -0.1) is 0 Å². The molecule has 0 fully saturated rings. The first-order chi connectivity index (χ1) is 14.0. The van der Waals surface area contributed by atoms with Crippen LogP contribution in [0.3, 0.4) is 0 Å². The van der Waals surface area contributed by atoms with Crippen LogP contribution in [0.5, 0.6) is 17.2 Å². The molecule has 2 N–H and O–H groups in total. The molecule has 6 nitrogen and oxygen atoms in total. The molecule has 2 amide bonds. The summed E-state index contributed by atoms with van der Waals surface area (Å²) in [7, 11) is 1.53. The average molecular weight is 390 g/mol. The molecule has 0 spiro atoms. The summed E-state index contributed by atoms with van der Waals surface area (Å²) in [4.78, 5) is 24.4. The first kappa shape index (κ1) is 19.9. The Balaban J connectivity index is 1.54. The Morgan fingerprint density at radius 2 is 1.48 bits per heavy atom. The Labute approximate surface area is 169 Å². The molecule has 29 heavy (non-hydrogen) atoms. The maximum atomic E-state index is 12.2. The van der Waals surface area contributed by atoms with E-state index in [4.69, 9.17) is 9.47 Å². The Hall–Kier alpha value is -3.80. The molecular formula is C23H22N2O4. The van der Waals surface area contributed by atoms with Crippen LogP contribution in [0.1, 0.15) is 12.0 Å². The van der Waals surface area contributed by atoms with E-state index < -0.39 is 11.8 Å². The molecule has 0 bridgehead atoms. The lowest BCUT2D eigenvalue weighted by Gasteiger charge is -2.11. The number of carbonyl (C=O) groups excluding carboxylic acids is 2. The lowest BCUT2D eigenvalue weighted by molar-refractivity contribution is -0.123. The molecule has 0 aliphatic carbocycles. The molecule has 0 atom stereocenters. The number of benzene rings is 3. The van der Waals surface area contributed by atoms with E-state index in [1.807, 2.05) is 43.3 Å². The number of ether oxygens (including phenoxy) is 2. The van der Waals surface area contributed by atoms with E-state index >= 15 is 0 Å². The van der Waals surface area contributed by atoms with Crippen LogP contribution in [-0.4, -0.2) is 18.9 Å². The van der Waals surface area contributed by atoms with Crippen LogP contribution >= 0.6 is 0 Å². The second-order valence-corrected chi connectivity index (χ2v) is 6.42. The lowest BCUT2D eigenvalue weighted by Crippen LogP contribution is -2.21. The van der Waals surface area contributed by atoms with Crippen molar-refractivity contribution >= 4 is 23.2 Å². The molecule has 0 unspecified atom stereocenters. The predicted octanol–water partition coefficient (Wildman–Crippen LogP) is 4.76. The third-order valence-electron chi connectivity index (χ3n) is 4.07. The standard InChI is InChI=1S/C23H22N2O4/c1-16-8-13-21(28-2)20(14-16)25-23(27)15-22(26)24-17-9-11-19(12-10-17)29-18-6-4-3-5-7-18/h3-14H,15H2,1-2H3,(H,24,26)(H,25,27). The first-order valence-electron chi connectivity index (χ1n) is 9.11. The second-order valence-electron chi connectivity index (χ2n) is 6.42. The summed E-state index contributed by atoms with van der Waals surface area (Å²) in [5.41, 5.74) is 2.09. The molecule has 3 aromatic rings. The van der Waals surface area contributed by atoms with Gasteiger partial charge in [-0.3, -0.25) is 9.59 Å². The van der Waals surface area contributed by atoms with Crippen LogP contribution in [0, 0.1) is 6.92 Å². The normalized spacial score (nSPS) is 10.1. The molecule has 148 valence electrons. The van der Waals surface area contributed by atoms with E-state index in [2.05, 4.69) is 10.6 Å². The molecule has 6 heteroatoms. The van der Waals surface area contributed by atoms with Crippen molar-refractivity contribution in [1.82, 2.24) is 0 Å². The molecule has 3 rings (SSSR count). The number of hydrogen-bond acceptors (Lipinski definition) is 4. The zero-order chi connectivity index (χ0) is 20.6. The lowest BCUT2D eigenvalue weighted by atomic mass is 10.2. The third kappa shape index (κ3) is 5.84. The van der Waals surface area contributed by atoms with Crippen LogP contribution < -0.4 is 20.1 Å². The largest absolute Gasteiger partial charge is 0.495 e. The zero-order valence-electron chi connectivity index (χ0n) is 16.3. The number of amides is 2. The zero-order valence-corrected chi connectivity index (χ0v) is 16.3. The maximum absolute atomic E-state index is 12.2. The molecule has 3 aromatic carbocycles. The van der Waals surface area contributed by atoms with Gasteiger partial charge < -0.3 is 20.1 Å². The Kier molecular flexibility index (Phi) is 6.47. The highest BCUT2D eigenvalue weighted by Gasteiger charge is 2.13. The van der Waals surface area contributed by atoms with E-state index in [1.54, 1.807) is 36.4 Å². The van der Waals surface area contributed by atoms with Gasteiger partial charge in [-0.05, 0) is 61.0 Å². The van der Waals surface area contributed by atoms with Gasteiger partial charge in [0.25, 0.3) is 0 Å². The summed E-state index contributed by atoms with van der Waals surface area (Å²) in [6, 6.07) is 21.8. The fourth-order valence-electron chi connectivity index (χ4n) is 2.70. The number of methoxy groups -OCH3 is 1. The number of para-hydroxylation sites is 1. The summed E-state index contributed by atoms with van der Waals surface area (Å²) >= 11 is 0. The fraction of sp³-hybridized carbons (Fsp3) is 0.130. The van der Waals surface area contributed by atoms with Gasteiger partial charge in [0.1, 0.15) is 23.7 Å². The number of rotatable bonds is 7. The first-order valence-corrected chi connectivity index (χ1v) is 9.11. The summed E-state index contributed by atoms with van der Waals surface area (Å²) in [5, 5.41) is 5.41. The van der Waals surface area contributed by atoms with Gasteiger partial charge in [0.15, 0.2) is 0 Å². The van der Waals surface area contributed by atoms with Gasteiger partial charge in [-0.2, -0.15) is 0 Å². The highest BCUT2D eigenvalue weighted by Crippen LogP contribution is 2.25. The molecule has 0 radical (unpaired) electrons. The Morgan fingerprint density at radius 3 is 2.17 bits per heavy atom. The molecule has 0 saturated heterocycles. The van der Waals surface area contributed by atoms with Crippen LogP contribution in [0.25, 0.3) is 0 Å². The van der Waals surface area contributed by atoms with Crippen molar-refractivity contribution in [3.63, 3.8) is 0 Å². The second kappa shape index (κ2) is 9.41.